The van der Waals surface area contributed by atoms with Gasteiger partial charge in [0.05, 0.1) is 4.91 Å². The molecule has 0 saturated heterocycles. The average Bonchev–Trinajstić information content (AvgIpc) is 2.49. The van der Waals surface area contributed by atoms with Gasteiger partial charge in [0.1, 0.15) is 11.6 Å². The second kappa shape index (κ2) is 5.33. The Morgan fingerprint density at radius 3 is 2.43 bits per heavy atom. The molecule has 3 nitrogen and oxygen atoms in total. The smallest absolute Gasteiger partial charge is 0.335 e. The number of halogens is 1. The summed E-state index contributed by atoms with van der Waals surface area (Å²) in [6, 6.07) is 12.6. The molecule has 0 heterocycles. The number of allylic oxidation sites excluding steroid dienone is 1. The Bertz CT molecular complexity index is 793. The van der Waals surface area contributed by atoms with Gasteiger partial charge in [-0.15, -0.1) is 0 Å². The monoisotopic (exact) mass is 304 g/mol. The summed E-state index contributed by atoms with van der Waals surface area (Å²) in [7, 11) is -3.85. The molecule has 1 aliphatic carbocycles. The Labute approximate surface area is 122 Å². The van der Waals surface area contributed by atoms with Crippen molar-refractivity contribution in [1.29, 1.82) is 0 Å². The van der Waals surface area contributed by atoms with Gasteiger partial charge >= 0.3 is 10.1 Å². The molecule has 0 spiro atoms. The van der Waals surface area contributed by atoms with Crippen LogP contribution in [-0.2, 0) is 16.5 Å². The predicted octanol–water partition coefficient (Wildman–Crippen LogP) is 3.52. The van der Waals surface area contributed by atoms with Crippen LogP contribution in [0.3, 0.4) is 0 Å². The Morgan fingerprint density at radius 2 is 1.67 bits per heavy atom. The van der Waals surface area contributed by atoms with E-state index < -0.39 is 15.9 Å². The second-order valence-electron chi connectivity index (χ2n) is 4.80. The molecule has 0 saturated carbocycles. The topological polar surface area (TPSA) is 43.4 Å². The lowest BCUT2D eigenvalue weighted by Crippen LogP contribution is -2.15. The van der Waals surface area contributed by atoms with Crippen LogP contribution in [0.5, 0.6) is 5.75 Å². The van der Waals surface area contributed by atoms with Crippen molar-refractivity contribution in [2.75, 3.05) is 0 Å². The van der Waals surface area contributed by atoms with E-state index in [2.05, 4.69) is 0 Å². The third-order valence-corrected chi connectivity index (χ3v) is 4.73. The van der Waals surface area contributed by atoms with Crippen molar-refractivity contribution in [3.8, 4) is 5.75 Å². The first-order chi connectivity index (χ1) is 10.0. The predicted molar refractivity (Wildman–Crippen MR) is 78.7 cm³/mol. The lowest BCUT2D eigenvalue weighted by molar-refractivity contribution is 0.490. The third-order valence-electron chi connectivity index (χ3n) is 3.35. The van der Waals surface area contributed by atoms with Gasteiger partial charge < -0.3 is 4.18 Å². The molecular weight excluding hydrogens is 291 g/mol. The zero-order valence-electron chi connectivity index (χ0n) is 11.1. The van der Waals surface area contributed by atoms with Crippen LogP contribution in [0.2, 0.25) is 0 Å². The average molecular weight is 304 g/mol. The summed E-state index contributed by atoms with van der Waals surface area (Å²) in [5.41, 5.74) is 2.02. The number of aryl methyl sites for hydroxylation is 1. The minimum absolute atomic E-state index is 0.108. The highest BCUT2D eigenvalue weighted by molar-refractivity contribution is 7.91. The van der Waals surface area contributed by atoms with E-state index in [0.717, 1.165) is 23.3 Å². The summed E-state index contributed by atoms with van der Waals surface area (Å²) in [5.74, 6) is -0.332. The van der Waals surface area contributed by atoms with Crippen LogP contribution in [0.15, 0.2) is 53.4 Å². The minimum Gasteiger partial charge on any atom is -0.379 e. The number of hydrogen-bond acceptors (Lipinski definition) is 3. The van der Waals surface area contributed by atoms with Gasteiger partial charge in [-0.3, -0.25) is 0 Å². The molecule has 0 radical (unpaired) electrons. The van der Waals surface area contributed by atoms with Gasteiger partial charge in [-0.1, -0.05) is 24.3 Å². The third kappa shape index (κ3) is 2.97. The minimum atomic E-state index is -3.85. The fourth-order valence-corrected chi connectivity index (χ4v) is 3.37. The normalized spacial score (nSPS) is 14.2. The second-order valence-corrected chi connectivity index (χ2v) is 6.40. The van der Waals surface area contributed by atoms with Crippen LogP contribution >= 0.6 is 0 Å². The van der Waals surface area contributed by atoms with Crippen molar-refractivity contribution < 1.29 is 17.0 Å². The summed E-state index contributed by atoms with van der Waals surface area (Å²) in [5, 5.41) is 0. The van der Waals surface area contributed by atoms with Crippen molar-refractivity contribution in [2.45, 2.75) is 12.8 Å². The van der Waals surface area contributed by atoms with Crippen molar-refractivity contribution >= 4 is 16.2 Å². The number of hydrogen-bond donors (Lipinski definition) is 0. The first-order valence-electron chi connectivity index (χ1n) is 6.53. The molecule has 0 atom stereocenters. The van der Waals surface area contributed by atoms with Gasteiger partial charge in [0.15, 0.2) is 0 Å². The van der Waals surface area contributed by atoms with Gasteiger partial charge in [-0.2, -0.15) is 8.42 Å². The van der Waals surface area contributed by atoms with E-state index in [1.807, 2.05) is 24.3 Å². The zero-order valence-corrected chi connectivity index (χ0v) is 11.9. The zero-order chi connectivity index (χ0) is 14.9. The molecule has 0 aromatic heterocycles. The lowest BCUT2D eigenvalue weighted by Gasteiger charge is -2.16. The van der Waals surface area contributed by atoms with Crippen molar-refractivity contribution in [2.24, 2.45) is 0 Å². The standard InChI is InChI=1S/C16H13FO3S/c17-14-6-8-15(9-7-14)20-21(18,19)16-10-5-12-3-1-2-4-13(12)11-16/h1-4,6-9,11H,5,10H2. The quantitative estimate of drug-likeness (QED) is 0.815. The van der Waals surface area contributed by atoms with E-state index in [9.17, 15) is 12.8 Å². The molecule has 108 valence electrons. The summed E-state index contributed by atoms with van der Waals surface area (Å²) in [4.78, 5) is 0.241. The molecule has 0 aliphatic heterocycles. The van der Waals surface area contributed by atoms with Crippen LogP contribution in [-0.4, -0.2) is 8.42 Å². The molecule has 21 heavy (non-hydrogen) atoms. The van der Waals surface area contributed by atoms with E-state index in [-0.39, 0.29) is 10.7 Å². The number of rotatable bonds is 3. The molecule has 0 bridgehead atoms. The molecular formula is C16H13FO3S. The maximum Gasteiger partial charge on any atom is 0.335 e. The van der Waals surface area contributed by atoms with Gasteiger partial charge in [-0.25, -0.2) is 4.39 Å². The molecule has 1 aliphatic rings. The van der Waals surface area contributed by atoms with Gasteiger partial charge in [0.2, 0.25) is 0 Å². The number of benzene rings is 2. The SMILES string of the molecule is O=S(=O)(Oc1ccc(F)cc1)C1=Cc2ccccc2CC1. The van der Waals surface area contributed by atoms with E-state index >= 15 is 0 Å². The lowest BCUT2D eigenvalue weighted by atomic mass is 9.98. The molecule has 0 N–H and O–H groups in total. The Balaban J connectivity index is 1.89. The van der Waals surface area contributed by atoms with E-state index in [4.69, 9.17) is 4.18 Å². The largest absolute Gasteiger partial charge is 0.379 e. The summed E-state index contributed by atoms with van der Waals surface area (Å²) in [6.07, 6.45) is 2.70. The fourth-order valence-electron chi connectivity index (χ4n) is 2.27. The highest BCUT2D eigenvalue weighted by Gasteiger charge is 2.23. The Kier molecular flexibility index (Phi) is 3.51. The summed E-state index contributed by atoms with van der Waals surface area (Å²) in [6.45, 7) is 0. The van der Waals surface area contributed by atoms with Crippen LogP contribution in [0.1, 0.15) is 17.5 Å². The summed E-state index contributed by atoms with van der Waals surface area (Å²) < 4.78 is 42.4. The molecule has 2 aromatic carbocycles. The van der Waals surface area contributed by atoms with Crippen LogP contribution < -0.4 is 4.18 Å². The van der Waals surface area contributed by atoms with E-state index in [1.165, 1.54) is 12.1 Å². The highest BCUT2D eigenvalue weighted by Crippen LogP contribution is 2.28. The maximum absolute atomic E-state index is 12.8. The molecule has 2 aromatic rings. The Hall–Kier alpha value is -2.14. The molecule has 5 heteroatoms. The maximum atomic E-state index is 12.8. The highest BCUT2D eigenvalue weighted by atomic mass is 32.2. The Morgan fingerprint density at radius 1 is 0.952 bits per heavy atom. The van der Waals surface area contributed by atoms with Crippen LogP contribution in [0, 0.1) is 5.82 Å². The molecule has 0 amide bonds. The van der Waals surface area contributed by atoms with Crippen LogP contribution in [0.25, 0.3) is 6.08 Å². The van der Waals surface area contributed by atoms with Crippen molar-refractivity contribution in [3.05, 3.63) is 70.4 Å². The number of fused-ring (bicyclic) bond motifs is 1. The molecule has 3 rings (SSSR count). The van der Waals surface area contributed by atoms with E-state index in [0.29, 0.717) is 12.8 Å². The molecule has 0 unspecified atom stereocenters. The van der Waals surface area contributed by atoms with E-state index in [1.54, 1.807) is 6.08 Å². The first-order valence-corrected chi connectivity index (χ1v) is 7.94. The first kappa shape index (κ1) is 13.8. The van der Waals surface area contributed by atoms with Crippen LogP contribution in [0.4, 0.5) is 4.39 Å². The molecule has 0 fully saturated rings. The summed E-state index contributed by atoms with van der Waals surface area (Å²) >= 11 is 0. The fraction of sp³-hybridized carbons (Fsp3) is 0.125. The van der Waals surface area contributed by atoms with Gasteiger partial charge in [0.25, 0.3) is 0 Å². The van der Waals surface area contributed by atoms with Gasteiger partial charge in [0, 0.05) is 0 Å². The van der Waals surface area contributed by atoms with Gasteiger partial charge in [-0.05, 0) is 54.3 Å². The van der Waals surface area contributed by atoms with Crippen molar-refractivity contribution in [1.82, 2.24) is 0 Å². The van der Waals surface area contributed by atoms with Crippen molar-refractivity contribution in [3.63, 3.8) is 0 Å².